The highest BCUT2D eigenvalue weighted by molar-refractivity contribution is 5.58. The molecule has 0 saturated heterocycles. The second-order valence-electron chi connectivity index (χ2n) is 4.25. The fraction of sp³-hybridized carbons (Fsp3) is 0.500. The predicted octanol–water partition coefficient (Wildman–Crippen LogP) is 2.79. The van der Waals surface area contributed by atoms with Crippen molar-refractivity contribution in [2.45, 2.75) is 26.2 Å². The lowest BCUT2D eigenvalue weighted by Gasteiger charge is -2.25. The van der Waals surface area contributed by atoms with E-state index in [1.165, 1.54) is 19.3 Å². The highest BCUT2D eigenvalue weighted by Crippen LogP contribution is 2.26. The van der Waals surface area contributed by atoms with Crippen LogP contribution in [0.4, 0.5) is 11.4 Å². The number of nitrogen functional groups attached to an aromatic ring is 1. The zero-order valence-electron chi connectivity index (χ0n) is 8.72. The van der Waals surface area contributed by atoms with Crippen LogP contribution in [-0.4, -0.2) is 6.54 Å². The van der Waals surface area contributed by atoms with Crippen LogP contribution in [0.25, 0.3) is 0 Å². The lowest BCUT2D eigenvalue weighted by atomic mass is 9.85. The highest BCUT2D eigenvalue weighted by atomic mass is 14.9. The van der Waals surface area contributed by atoms with Gasteiger partial charge in [0.1, 0.15) is 0 Å². The van der Waals surface area contributed by atoms with Crippen molar-refractivity contribution in [2.75, 3.05) is 17.6 Å². The molecule has 1 saturated carbocycles. The Kier molecular flexibility index (Phi) is 2.62. The Bertz CT molecular complexity index is 316. The van der Waals surface area contributed by atoms with Gasteiger partial charge in [-0.25, -0.2) is 0 Å². The average Bonchev–Trinajstić information content (AvgIpc) is 2.08. The monoisotopic (exact) mass is 190 g/mol. The topological polar surface area (TPSA) is 38.0 Å². The number of nitrogens with two attached hydrogens (primary N) is 1. The molecule has 0 atom stereocenters. The molecule has 0 unspecified atom stereocenters. The summed E-state index contributed by atoms with van der Waals surface area (Å²) >= 11 is 0. The summed E-state index contributed by atoms with van der Waals surface area (Å²) in [5, 5.41) is 3.43. The summed E-state index contributed by atoms with van der Waals surface area (Å²) in [5.41, 5.74) is 9.02. The van der Waals surface area contributed by atoms with Crippen LogP contribution < -0.4 is 11.1 Å². The molecule has 0 aliphatic heterocycles. The van der Waals surface area contributed by atoms with Crippen LogP contribution in [0.5, 0.6) is 0 Å². The van der Waals surface area contributed by atoms with Gasteiger partial charge in [-0.1, -0.05) is 12.5 Å². The Labute approximate surface area is 85.5 Å². The van der Waals surface area contributed by atoms with E-state index in [-0.39, 0.29) is 0 Å². The van der Waals surface area contributed by atoms with Crippen LogP contribution >= 0.6 is 0 Å². The minimum Gasteiger partial charge on any atom is -0.398 e. The highest BCUT2D eigenvalue weighted by Gasteiger charge is 2.16. The lowest BCUT2D eigenvalue weighted by molar-refractivity contribution is 0.333. The zero-order valence-corrected chi connectivity index (χ0v) is 8.72. The van der Waals surface area contributed by atoms with E-state index in [0.717, 1.165) is 29.4 Å². The second kappa shape index (κ2) is 3.91. The van der Waals surface area contributed by atoms with Gasteiger partial charge in [-0.2, -0.15) is 0 Å². The maximum absolute atomic E-state index is 5.83. The van der Waals surface area contributed by atoms with Gasteiger partial charge in [0.15, 0.2) is 0 Å². The maximum atomic E-state index is 5.83. The third-order valence-corrected chi connectivity index (χ3v) is 3.10. The van der Waals surface area contributed by atoms with E-state index in [9.17, 15) is 0 Å². The molecule has 1 fully saturated rings. The van der Waals surface area contributed by atoms with Crippen LogP contribution in [0.1, 0.15) is 24.8 Å². The van der Waals surface area contributed by atoms with E-state index >= 15 is 0 Å². The molecule has 3 N–H and O–H groups in total. The molecule has 0 amide bonds. The lowest BCUT2D eigenvalue weighted by Crippen LogP contribution is -2.20. The number of hydrogen-bond donors (Lipinski definition) is 2. The van der Waals surface area contributed by atoms with Gasteiger partial charge < -0.3 is 11.1 Å². The third kappa shape index (κ3) is 2.00. The van der Waals surface area contributed by atoms with Gasteiger partial charge >= 0.3 is 0 Å². The quantitative estimate of drug-likeness (QED) is 0.719. The number of aryl methyl sites for hydroxylation is 1. The van der Waals surface area contributed by atoms with E-state index in [1.54, 1.807) is 0 Å². The first-order valence-electron chi connectivity index (χ1n) is 5.36. The first-order valence-corrected chi connectivity index (χ1v) is 5.36. The average molecular weight is 190 g/mol. The summed E-state index contributed by atoms with van der Waals surface area (Å²) in [4.78, 5) is 0. The maximum Gasteiger partial charge on any atom is 0.0364 e. The molecule has 1 aromatic carbocycles. The summed E-state index contributed by atoms with van der Waals surface area (Å²) in [5.74, 6) is 0.887. The van der Waals surface area contributed by atoms with Crippen LogP contribution in [0.15, 0.2) is 18.2 Å². The van der Waals surface area contributed by atoms with E-state index < -0.39 is 0 Å². The number of anilines is 2. The summed E-state index contributed by atoms with van der Waals surface area (Å²) in [6.07, 6.45) is 4.17. The minimum atomic E-state index is 0.878. The minimum absolute atomic E-state index is 0.878. The standard InChI is InChI=1S/C12H18N2/c1-9-5-6-11(7-12(9)13)14-8-10-3-2-4-10/h5-7,10,14H,2-4,8,13H2,1H3. The summed E-state index contributed by atoms with van der Waals surface area (Å²) in [6, 6.07) is 6.19. The number of nitrogens with one attached hydrogen (secondary N) is 1. The van der Waals surface area contributed by atoms with Gasteiger partial charge in [0, 0.05) is 17.9 Å². The van der Waals surface area contributed by atoms with Crippen molar-refractivity contribution < 1.29 is 0 Å². The predicted molar refractivity (Wildman–Crippen MR) is 61.4 cm³/mol. The molecule has 0 aromatic heterocycles. The van der Waals surface area contributed by atoms with Crippen LogP contribution in [0.3, 0.4) is 0 Å². The van der Waals surface area contributed by atoms with Crippen molar-refractivity contribution >= 4 is 11.4 Å². The second-order valence-corrected chi connectivity index (χ2v) is 4.25. The van der Waals surface area contributed by atoms with Crippen molar-refractivity contribution in [3.8, 4) is 0 Å². The smallest absolute Gasteiger partial charge is 0.0364 e. The molecular weight excluding hydrogens is 172 g/mol. The Hall–Kier alpha value is -1.18. The van der Waals surface area contributed by atoms with E-state index in [2.05, 4.69) is 17.4 Å². The van der Waals surface area contributed by atoms with Crippen molar-refractivity contribution in [2.24, 2.45) is 5.92 Å². The van der Waals surface area contributed by atoms with E-state index in [4.69, 9.17) is 5.73 Å². The third-order valence-electron chi connectivity index (χ3n) is 3.10. The first-order chi connectivity index (χ1) is 6.75. The molecular formula is C12H18N2. The molecule has 1 aliphatic carbocycles. The van der Waals surface area contributed by atoms with Gasteiger partial charge in [0.05, 0.1) is 0 Å². The van der Waals surface area contributed by atoms with Crippen molar-refractivity contribution in [1.82, 2.24) is 0 Å². The van der Waals surface area contributed by atoms with Crippen LogP contribution in [0.2, 0.25) is 0 Å². The molecule has 14 heavy (non-hydrogen) atoms. The molecule has 0 radical (unpaired) electrons. The molecule has 0 spiro atoms. The first kappa shape index (κ1) is 9.38. The Morgan fingerprint density at radius 2 is 2.21 bits per heavy atom. The molecule has 76 valence electrons. The fourth-order valence-corrected chi connectivity index (χ4v) is 1.71. The zero-order chi connectivity index (χ0) is 9.97. The molecule has 1 aromatic rings. The number of benzene rings is 1. The molecule has 0 bridgehead atoms. The van der Waals surface area contributed by atoms with Crippen molar-refractivity contribution in [1.29, 1.82) is 0 Å². The van der Waals surface area contributed by atoms with Crippen LogP contribution in [-0.2, 0) is 0 Å². The largest absolute Gasteiger partial charge is 0.398 e. The SMILES string of the molecule is Cc1ccc(NCC2CCC2)cc1N. The van der Waals surface area contributed by atoms with Gasteiger partial charge in [-0.15, -0.1) is 0 Å². The van der Waals surface area contributed by atoms with Gasteiger partial charge in [0.2, 0.25) is 0 Å². The van der Waals surface area contributed by atoms with Crippen LogP contribution in [0, 0.1) is 12.8 Å². The van der Waals surface area contributed by atoms with Gasteiger partial charge in [-0.05, 0) is 43.4 Å². The number of rotatable bonds is 3. The Morgan fingerprint density at radius 1 is 1.43 bits per heavy atom. The Morgan fingerprint density at radius 3 is 2.79 bits per heavy atom. The number of hydrogen-bond acceptors (Lipinski definition) is 2. The van der Waals surface area contributed by atoms with Gasteiger partial charge in [0.25, 0.3) is 0 Å². The molecule has 0 heterocycles. The molecule has 1 aliphatic rings. The van der Waals surface area contributed by atoms with Gasteiger partial charge in [-0.3, -0.25) is 0 Å². The molecule has 2 heteroatoms. The summed E-state index contributed by atoms with van der Waals surface area (Å²) in [6.45, 7) is 3.13. The Balaban J connectivity index is 1.91. The van der Waals surface area contributed by atoms with Crippen molar-refractivity contribution in [3.63, 3.8) is 0 Å². The van der Waals surface area contributed by atoms with E-state index in [0.29, 0.717) is 0 Å². The normalized spacial score (nSPS) is 16.4. The van der Waals surface area contributed by atoms with E-state index in [1.807, 2.05) is 13.0 Å². The van der Waals surface area contributed by atoms with Crippen molar-refractivity contribution in [3.05, 3.63) is 23.8 Å². The fourth-order valence-electron chi connectivity index (χ4n) is 1.71. The summed E-state index contributed by atoms with van der Waals surface area (Å²) < 4.78 is 0. The molecule has 2 nitrogen and oxygen atoms in total. The molecule has 2 rings (SSSR count). The summed E-state index contributed by atoms with van der Waals surface area (Å²) in [7, 11) is 0.